The Hall–Kier alpha value is -1.82. The van der Waals surface area contributed by atoms with Crippen LogP contribution in [-0.4, -0.2) is 48.8 Å². The maximum absolute atomic E-state index is 9.32. The molecule has 164 valence electrons. The highest BCUT2D eigenvalue weighted by molar-refractivity contribution is 5.79. The number of hydrogen-bond acceptors (Lipinski definition) is 4. The van der Waals surface area contributed by atoms with Gasteiger partial charge in [-0.15, -0.1) is 0 Å². The Labute approximate surface area is 177 Å². The molecule has 0 radical (unpaired) electrons. The number of nitrogens with zero attached hydrogens (tertiary/aromatic N) is 3. The summed E-state index contributed by atoms with van der Waals surface area (Å²) in [6, 6.07) is 4.28. The molecule has 0 spiro atoms. The number of pyridine rings is 1. The van der Waals surface area contributed by atoms with Gasteiger partial charge in [-0.2, -0.15) is 0 Å². The summed E-state index contributed by atoms with van der Waals surface area (Å²) >= 11 is 0. The van der Waals surface area contributed by atoms with Crippen LogP contribution in [0.2, 0.25) is 0 Å². The van der Waals surface area contributed by atoms with Crippen LogP contribution >= 0.6 is 0 Å². The Morgan fingerprint density at radius 2 is 1.93 bits per heavy atom. The molecule has 29 heavy (non-hydrogen) atoms. The molecule has 1 aromatic rings. The van der Waals surface area contributed by atoms with E-state index in [2.05, 4.69) is 53.4 Å². The van der Waals surface area contributed by atoms with Gasteiger partial charge in [0, 0.05) is 39.0 Å². The quantitative estimate of drug-likeness (QED) is 0.411. The lowest BCUT2D eigenvalue weighted by Gasteiger charge is -2.21. The largest absolute Gasteiger partial charge is 0.396 e. The van der Waals surface area contributed by atoms with Crippen molar-refractivity contribution in [1.82, 2.24) is 15.6 Å². The van der Waals surface area contributed by atoms with Gasteiger partial charge in [-0.3, -0.25) is 0 Å². The summed E-state index contributed by atoms with van der Waals surface area (Å²) in [5.41, 5.74) is 1.12. The molecule has 1 atom stereocenters. The Morgan fingerprint density at radius 3 is 2.52 bits per heavy atom. The molecule has 1 aliphatic heterocycles. The minimum absolute atomic E-state index is 0.238. The third-order valence-electron chi connectivity index (χ3n) is 5.40. The van der Waals surface area contributed by atoms with E-state index in [4.69, 9.17) is 4.99 Å². The van der Waals surface area contributed by atoms with E-state index in [0.717, 1.165) is 56.4 Å². The molecule has 0 saturated carbocycles. The van der Waals surface area contributed by atoms with Crippen molar-refractivity contribution in [2.45, 2.75) is 65.8 Å². The smallest absolute Gasteiger partial charge is 0.191 e. The predicted octanol–water partition coefficient (Wildman–Crippen LogP) is 3.56. The van der Waals surface area contributed by atoms with Crippen LogP contribution in [0.25, 0.3) is 0 Å². The maximum Gasteiger partial charge on any atom is 0.191 e. The van der Waals surface area contributed by atoms with Gasteiger partial charge in [0.15, 0.2) is 5.96 Å². The van der Waals surface area contributed by atoms with Gasteiger partial charge in [-0.25, -0.2) is 9.98 Å². The van der Waals surface area contributed by atoms with Crippen molar-refractivity contribution in [3.8, 4) is 0 Å². The topological polar surface area (TPSA) is 72.8 Å². The van der Waals surface area contributed by atoms with Gasteiger partial charge in [0.1, 0.15) is 5.82 Å². The summed E-state index contributed by atoms with van der Waals surface area (Å²) in [5.74, 6) is 3.00. The molecule has 2 heterocycles. The van der Waals surface area contributed by atoms with Crippen LogP contribution in [0.1, 0.15) is 64.9 Å². The minimum atomic E-state index is 0.238. The summed E-state index contributed by atoms with van der Waals surface area (Å²) in [6.45, 7) is 11.3. The first-order valence-corrected chi connectivity index (χ1v) is 11.4. The normalized spacial score (nSPS) is 16.6. The SMILES string of the molecule is CCNC(=NCc1ccc(N2CCCCCC2)nc1)NCC(CCO)CC(C)C. The number of aliphatic imine (C=N–C) groups is 1. The van der Waals surface area contributed by atoms with Gasteiger partial charge in [0.05, 0.1) is 6.54 Å². The summed E-state index contributed by atoms with van der Waals surface area (Å²) in [4.78, 5) is 11.8. The molecule has 0 bridgehead atoms. The van der Waals surface area contributed by atoms with E-state index in [-0.39, 0.29) is 6.61 Å². The van der Waals surface area contributed by atoms with Crippen LogP contribution in [0.15, 0.2) is 23.3 Å². The van der Waals surface area contributed by atoms with E-state index >= 15 is 0 Å². The number of nitrogens with one attached hydrogen (secondary N) is 2. The molecule has 0 aromatic carbocycles. The lowest BCUT2D eigenvalue weighted by Crippen LogP contribution is -2.40. The maximum atomic E-state index is 9.32. The summed E-state index contributed by atoms with van der Waals surface area (Å²) in [6.07, 6.45) is 9.08. The van der Waals surface area contributed by atoms with Crippen LogP contribution in [0.3, 0.4) is 0 Å². The molecular formula is C23H41N5O. The van der Waals surface area contributed by atoms with E-state index in [1.165, 1.54) is 25.7 Å². The van der Waals surface area contributed by atoms with Gasteiger partial charge in [-0.05, 0) is 56.1 Å². The number of aliphatic hydroxyl groups is 1. The fourth-order valence-electron chi connectivity index (χ4n) is 3.90. The third kappa shape index (κ3) is 9.03. The Morgan fingerprint density at radius 1 is 1.17 bits per heavy atom. The van der Waals surface area contributed by atoms with E-state index in [1.807, 2.05) is 6.20 Å². The van der Waals surface area contributed by atoms with Crippen molar-refractivity contribution in [3.05, 3.63) is 23.9 Å². The van der Waals surface area contributed by atoms with Crippen LogP contribution in [0, 0.1) is 11.8 Å². The standard InChI is InChI=1S/C23H41N5O/c1-4-24-23(26-16-20(11-14-29)15-19(2)3)27-18-21-9-10-22(25-17-21)28-12-7-5-6-8-13-28/h9-10,17,19-20,29H,4-8,11-16,18H2,1-3H3,(H2,24,26,27). The molecule has 6 heteroatoms. The lowest BCUT2D eigenvalue weighted by molar-refractivity contribution is 0.243. The second-order valence-electron chi connectivity index (χ2n) is 8.51. The molecule has 3 N–H and O–H groups in total. The van der Waals surface area contributed by atoms with Crippen LogP contribution < -0.4 is 15.5 Å². The van der Waals surface area contributed by atoms with Crippen LogP contribution in [0.5, 0.6) is 0 Å². The molecule has 1 unspecified atom stereocenters. The van der Waals surface area contributed by atoms with Gasteiger partial charge < -0.3 is 20.6 Å². The summed E-state index contributed by atoms with van der Waals surface area (Å²) in [5, 5.41) is 16.1. The van der Waals surface area contributed by atoms with Crippen molar-refractivity contribution in [3.63, 3.8) is 0 Å². The van der Waals surface area contributed by atoms with Crippen LogP contribution in [0.4, 0.5) is 5.82 Å². The number of anilines is 1. The van der Waals surface area contributed by atoms with E-state index in [1.54, 1.807) is 0 Å². The zero-order valence-electron chi connectivity index (χ0n) is 18.7. The highest BCUT2D eigenvalue weighted by Gasteiger charge is 2.12. The average molecular weight is 404 g/mol. The van der Waals surface area contributed by atoms with Crippen molar-refractivity contribution in [2.24, 2.45) is 16.8 Å². The summed E-state index contributed by atoms with van der Waals surface area (Å²) < 4.78 is 0. The molecule has 1 aliphatic rings. The number of aromatic nitrogens is 1. The molecule has 1 aromatic heterocycles. The minimum Gasteiger partial charge on any atom is -0.396 e. The average Bonchev–Trinajstić information content (AvgIpc) is 2.99. The molecule has 2 rings (SSSR count). The summed E-state index contributed by atoms with van der Waals surface area (Å²) in [7, 11) is 0. The van der Waals surface area contributed by atoms with Crippen LogP contribution in [-0.2, 0) is 6.54 Å². The van der Waals surface area contributed by atoms with Gasteiger partial charge >= 0.3 is 0 Å². The molecule has 1 fully saturated rings. The zero-order chi connectivity index (χ0) is 20.9. The van der Waals surface area contributed by atoms with Gasteiger partial charge in [-0.1, -0.05) is 32.8 Å². The second kappa shape index (κ2) is 13.4. The zero-order valence-corrected chi connectivity index (χ0v) is 18.7. The highest BCUT2D eigenvalue weighted by Crippen LogP contribution is 2.18. The van der Waals surface area contributed by atoms with E-state index in [9.17, 15) is 5.11 Å². The fraction of sp³-hybridized carbons (Fsp3) is 0.739. The Balaban J connectivity index is 1.91. The Kier molecular flexibility index (Phi) is 10.8. The molecular weight excluding hydrogens is 362 g/mol. The van der Waals surface area contributed by atoms with Crippen molar-refractivity contribution in [1.29, 1.82) is 0 Å². The first-order valence-electron chi connectivity index (χ1n) is 11.4. The van der Waals surface area contributed by atoms with Gasteiger partial charge in [0.25, 0.3) is 0 Å². The first kappa shape index (κ1) is 23.5. The van der Waals surface area contributed by atoms with E-state index in [0.29, 0.717) is 18.4 Å². The highest BCUT2D eigenvalue weighted by atomic mass is 16.3. The number of aliphatic hydroxyl groups excluding tert-OH is 1. The number of rotatable bonds is 10. The predicted molar refractivity (Wildman–Crippen MR) is 122 cm³/mol. The fourth-order valence-corrected chi connectivity index (χ4v) is 3.90. The van der Waals surface area contributed by atoms with Crippen molar-refractivity contribution >= 4 is 11.8 Å². The molecule has 0 amide bonds. The van der Waals surface area contributed by atoms with Crippen molar-refractivity contribution in [2.75, 3.05) is 37.7 Å². The Bertz CT molecular complexity index is 579. The third-order valence-corrected chi connectivity index (χ3v) is 5.40. The first-order chi connectivity index (χ1) is 14.1. The van der Waals surface area contributed by atoms with Crippen molar-refractivity contribution < 1.29 is 5.11 Å². The molecule has 1 saturated heterocycles. The number of hydrogen-bond donors (Lipinski definition) is 3. The number of guanidine groups is 1. The molecule has 6 nitrogen and oxygen atoms in total. The molecule has 0 aliphatic carbocycles. The second-order valence-corrected chi connectivity index (χ2v) is 8.51. The van der Waals surface area contributed by atoms with Gasteiger partial charge in [0.2, 0.25) is 0 Å². The lowest BCUT2D eigenvalue weighted by atomic mass is 9.94. The monoisotopic (exact) mass is 403 g/mol. The van der Waals surface area contributed by atoms with E-state index < -0.39 is 0 Å².